The lowest BCUT2D eigenvalue weighted by molar-refractivity contribution is -0.115. The standard InChI is InChI=1S/C23H25NO3S/c1-6-23(4,5)17-11-14(2)20(15(3)12-17)27-18-10-8-7-9-16(18)13-19-21(25)24-22(26)28-19/h7-13H,6H2,1-5H3,(H,24,25,26)/b19-13-. The number of hydrogen-bond donors (Lipinski definition) is 1. The van der Waals surface area contributed by atoms with Crippen molar-refractivity contribution in [3.63, 3.8) is 0 Å². The average Bonchev–Trinajstić information content (AvgIpc) is 2.96. The molecule has 0 spiro atoms. The number of hydrogen-bond acceptors (Lipinski definition) is 4. The fraction of sp³-hybridized carbons (Fsp3) is 0.304. The summed E-state index contributed by atoms with van der Waals surface area (Å²) < 4.78 is 6.27. The molecule has 0 bridgehead atoms. The quantitative estimate of drug-likeness (QED) is 0.621. The van der Waals surface area contributed by atoms with Crippen LogP contribution in [-0.2, 0) is 10.2 Å². The van der Waals surface area contributed by atoms with Crippen molar-refractivity contribution in [2.75, 3.05) is 0 Å². The number of nitrogens with one attached hydrogen (secondary N) is 1. The summed E-state index contributed by atoms with van der Waals surface area (Å²) in [5, 5.41) is 1.92. The molecule has 2 aromatic rings. The van der Waals surface area contributed by atoms with Gasteiger partial charge in [-0.3, -0.25) is 14.9 Å². The predicted octanol–water partition coefficient (Wildman–Crippen LogP) is 6.11. The van der Waals surface area contributed by atoms with Crippen LogP contribution in [0.4, 0.5) is 4.79 Å². The van der Waals surface area contributed by atoms with Crippen LogP contribution in [0.1, 0.15) is 49.4 Å². The number of thioether (sulfide) groups is 1. The summed E-state index contributed by atoms with van der Waals surface area (Å²) in [6.07, 6.45) is 2.75. The number of carbonyl (C=O) groups excluding carboxylic acids is 2. The molecule has 28 heavy (non-hydrogen) atoms. The van der Waals surface area contributed by atoms with E-state index in [1.807, 2.05) is 24.3 Å². The summed E-state index contributed by atoms with van der Waals surface area (Å²) in [4.78, 5) is 23.7. The van der Waals surface area contributed by atoms with Crippen molar-refractivity contribution in [2.45, 2.75) is 46.5 Å². The fourth-order valence-electron chi connectivity index (χ4n) is 3.07. The molecule has 1 aliphatic heterocycles. The van der Waals surface area contributed by atoms with Gasteiger partial charge in [0.2, 0.25) is 0 Å². The van der Waals surface area contributed by atoms with Crippen LogP contribution in [0.3, 0.4) is 0 Å². The molecular formula is C23H25NO3S. The molecule has 4 nitrogen and oxygen atoms in total. The maximum absolute atomic E-state index is 11.9. The summed E-state index contributed by atoms with van der Waals surface area (Å²) >= 11 is 0.903. The first kappa shape index (κ1) is 20.2. The molecule has 0 saturated carbocycles. The van der Waals surface area contributed by atoms with Crippen molar-refractivity contribution in [3.05, 3.63) is 63.6 Å². The largest absolute Gasteiger partial charge is 0.456 e. The third-order valence-electron chi connectivity index (χ3n) is 5.19. The third-order valence-corrected chi connectivity index (χ3v) is 6.00. The van der Waals surface area contributed by atoms with Gasteiger partial charge < -0.3 is 4.74 Å². The van der Waals surface area contributed by atoms with Gasteiger partial charge in [-0.25, -0.2) is 0 Å². The van der Waals surface area contributed by atoms with Crippen LogP contribution < -0.4 is 10.1 Å². The monoisotopic (exact) mass is 395 g/mol. The number of rotatable bonds is 5. The van der Waals surface area contributed by atoms with E-state index in [1.54, 1.807) is 6.08 Å². The number of para-hydroxylation sites is 1. The second kappa shape index (κ2) is 7.84. The van der Waals surface area contributed by atoms with Crippen LogP contribution in [0, 0.1) is 13.8 Å². The third kappa shape index (κ3) is 4.14. The van der Waals surface area contributed by atoms with Crippen LogP contribution in [0.5, 0.6) is 11.5 Å². The highest BCUT2D eigenvalue weighted by atomic mass is 32.2. The zero-order chi connectivity index (χ0) is 20.5. The van der Waals surface area contributed by atoms with E-state index in [0.717, 1.165) is 40.6 Å². The molecule has 3 rings (SSSR count). The van der Waals surface area contributed by atoms with Crippen molar-refractivity contribution >= 4 is 29.0 Å². The maximum atomic E-state index is 11.9. The van der Waals surface area contributed by atoms with Gasteiger partial charge in [-0.1, -0.05) is 51.1 Å². The number of carbonyl (C=O) groups is 2. The molecule has 0 atom stereocenters. The minimum Gasteiger partial charge on any atom is -0.456 e. The van der Waals surface area contributed by atoms with Gasteiger partial charge in [0.05, 0.1) is 4.91 Å². The summed E-state index contributed by atoms with van der Waals surface area (Å²) in [6, 6.07) is 11.9. The molecule has 1 saturated heterocycles. The first-order valence-corrected chi connectivity index (χ1v) is 10.2. The average molecular weight is 396 g/mol. The van der Waals surface area contributed by atoms with Crippen molar-refractivity contribution in [2.24, 2.45) is 0 Å². The maximum Gasteiger partial charge on any atom is 0.290 e. The molecule has 2 aromatic carbocycles. The number of ether oxygens (including phenoxy) is 1. The van der Waals surface area contributed by atoms with Gasteiger partial charge in [-0.2, -0.15) is 0 Å². The summed E-state index contributed by atoms with van der Waals surface area (Å²) in [7, 11) is 0. The van der Waals surface area contributed by atoms with Crippen molar-refractivity contribution < 1.29 is 14.3 Å². The van der Waals surface area contributed by atoms with E-state index in [9.17, 15) is 9.59 Å². The lowest BCUT2D eigenvalue weighted by atomic mass is 9.81. The highest BCUT2D eigenvalue weighted by Crippen LogP contribution is 2.37. The number of benzene rings is 2. The molecule has 5 heteroatoms. The smallest absolute Gasteiger partial charge is 0.290 e. The van der Waals surface area contributed by atoms with Crippen molar-refractivity contribution in [1.29, 1.82) is 0 Å². The molecule has 2 amide bonds. The molecule has 0 aliphatic carbocycles. The zero-order valence-electron chi connectivity index (χ0n) is 16.9. The molecule has 1 N–H and O–H groups in total. The highest BCUT2D eigenvalue weighted by molar-refractivity contribution is 8.18. The Bertz CT molecular complexity index is 953. The van der Waals surface area contributed by atoms with Crippen LogP contribution in [0.2, 0.25) is 0 Å². The van der Waals surface area contributed by atoms with E-state index >= 15 is 0 Å². The van der Waals surface area contributed by atoms with Crippen molar-refractivity contribution in [1.82, 2.24) is 5.32 Å². The Balaban J connectivity index is 1.97. The minimum absolute atomic E-state index is 0.107. The van der Waals surface area contributed by atoms with Gasteiger partial charge in [0.25, 0.3) is 11.1 Å². The SMILES string of the molecule is CCC(C)(C)c1cc(C)c(Oc2ccccc2/C=C2\SC(=O)NC2=O)c(C)c1. The van der Waals surface area contributed by atoms with Gasteiger partial charge in [0.1, 0.15) is 11.5 Å². The van der Waals surface area contributed by atoms with Crippen molar-refractivity contribution in [3.8, 4) is 11.5 Å². The Morgan fingerprint density at radius 3 is 2.32 bits per heavy atom. The van der Waals surface area contributed by atoms with Crippen LogP contribution in [-0.4, -0.2) is 11.1 Å². The molecule has 146 valence electrons. The van der Waals surface area contributed by atoms with E-state index in [4.69, 9.17) is 4.74 Å². The van der Waals surface area contributed by atoms with Crippen LogP contribution >= 0.6 is 11.8 Å². The van der Waals surface area contributed by atoms with E-state index in [-0.39, 0.29) is 16.6 Å². The normalized spacial score (nSPS) is 15.8. The van der Waals surface area contributed by atoms with Crippen LogP contribution in [0.15, 0.2) is 41.3 Å². The molecule has 0 radical (unpaired) electrons. The minimum atomic E-state index is -0.372. The van der Waals surface area contributed by atoms with E-state index < -0.39 is 0 Å². The van der Waals surface area contributed by atoms with Crippen LogP contribution in [0.25, 0.3) is 6.08 Å². The molecular weight excluding hydrogens is 370 g/mol. The van der Waals surface area contributed by atoms with Gasteiger partial charge in [0.15, 0.2) is 0 Å². The first-order valence-electron chi connectivity index (χ1n) is 9.34. The molecule has 0 unspecified atom stereocenters. The van der Waals surface area contributed by atoms with Gasteiger partial charge in [0, 0.05) is 5.56 Å². The second-order valence-electron chi connectivity index (χ2n) is 7.67. The summed E-state index contributed by atoms with van der Waals surface area (Å²) in [6.45, 7) is 10.8. The molecule has 0 aromatic heterocycles. The van der Waals surface area contributed by atoms with Gasteiger partial charge in [-0.15, -0.1) is 0 Å². The lowest BCUT2D eigenvalue weighted by Crippen LogP contribution is -2.17. The number of aryl methyl sites for hydroxylation is 2. The Kier molecular flexibility index (Phi) is 5.66. The van der Waals surface area contributed by atoms with E-state index in [1.165, 1.54) is 5.56 Å². The number of imide groups is 1. The first-order chi connectivity index (χ1) is 13.2. The number of amides is 2. The Hall–Kier alpha value is -2.53. The highest BCUT2D eigenvalue weighted by Gasteiger charge is 2.25. The molecule has 1 heterocycles. The van der Waals surface area contributed by atoms with Gasteiger partial charge in [-0.05, 0) is 66.3 Å². The Labute approximate surface area is 170 Å². The molecule has 1 fully saturated rings. The van der Waals surface area contributed by atoms with E-state index in [0.29, 0.717) is 10.7 Å². The van der Waals surface area contributed by atoms with Gasteiger partial charge >= 0.3 is 0 Å². The molecule has 1 aliphatic rings. The topological polar surface area (TPSA) is 55.4 Å². The van der Waals surface area contributed by atoms with E-state index in [2.05, 4.69) is 52.1 Å². The predicted molar refractivity (Wildman–Crippen MR) is 115 cm³/mol. The summed E-state index contributed by atoms with van der Waals surface area (Å²) in [5.74, 6) is 1.10. The Morgan fingerprint density at radius 1 is 1.11 bits per heavy atom. The summed E-state index contributed by atoms with van der Waals surface area (Å²) in [5.41, 5.74) is 4.30. The zero-order valence-corrected chi connectivity index (χ0v) is 17.7. The Morgan fingerprint density at radius 2 is 1.75 bits per heavy atom. The second-order valence-corrected chi connectivity index (χ2v) is 8.68. The lowest BCUT2D eigenvalue weighted by Gasteiger charge is -2.25. The fourth-order valence-corrected chi connectivity index (χ4v) is 3.74.